The molecule has 1 saturated heterocycles. The molecule has 2 N–H and O–H groups in total. The predicted octanol–water partition coefficient (Wildman–Crippen LogP) is 2.43. The number of carbonyl (C=O) groups is 1. The number of aromatic nitrogens is 3. The van der Waals surface area contributed by atoms with Gasteiger partial charge in [-0.2, -0.15) is 5.10 Å². The van der Waals surface area contributed by atoms with E-state index in [0.29, 0.717) is 12.4 Å². The number of rotatable bonds is 1. The summed E-state index contributed by atoms with van der Waals surface area (Å²) in [6.45, 7) is 7.00. The van der Waals surface area contributed by atoms with E-state index >= 15 is 0 Å². The highest BCUT2D eigenvalue weighted by atomic mass is 16.6. The Balaban J connectivity index is 1.80. The third-order valence-corrected chi connectivity index (χ3v) is 4.00. The molecule has 0 spiro atoms. The molecule has 3 rings (SSSR count). The van der Waals surface area contributed by atoms with Gasteiger partial charge < -0.3 is 15.4 Å². The highest BCUT2D eigenvalue weighted by molar-refractivity contribution is 5.68. The van der Waals surface area contributed by atoms with Crippen molar-refractivity contribution in [3.63, 3.8) is 0 Å². The lowest BCUT2D eigenvalue weighted by Gasteiger charge is -2.34. The summed E-state index contributed by atoms with van der Waals surface area (Å²) in [4.78, 5) is 18.1. The molecule has 0 aromatic carbocycles. The summed E-state index contributed by atoms with van der Waals surface area (Å²) in [6.07, 6.45) is 3.16. The fourth-order valence-electron chi connectivity index (χ4n) is 2.99. The second-order valence-corrected chi connectivity index (χ2v) is 6.97. The normalized spacial score (nSPS) is 19.1. The molecule has 0 bridgehead atoms. The first-order chi connectivity index (χ1) is 10.8. The maximum absolute atomic E-state index is 12.3. The number of fused-ring (bicyclic) bond motifs is 1. The summed E-state index contributed by atoms with van der Waals surface area (Å²) < 4.78 is 7.31. The third kappa shape index (κ3) is 3.23. The summed E-state index contributed by atoms with van der Waals surface area (Å²) >= 11 is 0. The Labute approximate surface area is 135 Å². The van der Waals surface area contributed by atoms with Crippen molar-refractivity contribution in [2.45, 2.75) is 45.1 Å². The van der Waals surface area contributed by atoms with E-state index in [4.69, 9.17) is 10.5 Å². The van der Waals surface area contributed by atoms with Crippen molar-refractivity contribution in [1.29, 1.82) is 0 Å². The molecule has 124 valence electrons. The zero-order valence-electron chi connectivity index (χ0n) is 13.8. The van der Waals surface area contributed by atoms with E-state index in [9.17, 15) is 4.79 Å². The molecule has 2 aromatic heterocycles. The molecule has 0 radical (unpaired) electrons. The summed E-state index contributed by atoms with van der Waals surface area (Å²) in [5.41, 5.74) is 7.27. The second kappa shape index (κ2) is 5.72. The molecule has 1 atom stereocenters. The highest BCUT2D eigenvalue weighted by Gasteiger charge is 2.29. The van der Waals surface area contributed by atoms with Gasteiger partial charge in [0.05, 0.1) is 0 Å². The van der Waals surface area contributed by atoms with E-state index < -0.39 is 5.60 Å². The van der Waals surface area contributed by atoms with Gasteiger partial charge in [-0.15, -0.1) is 0 Å². The maximum Gasteiger partial charge on any atom is 0.410 e. The van der Waals surface area contributed by atoms with Gasteiger partial charge in [-0.1, -0.05) is 0 Å². The van der Waals surface area contributed by atoms with Gasteiger partial charge in [0.2, 0.25) is 0 Å². The fraction of sp³-hybridized carbons (Fsp3) is 0.562. The van der Waals surface area contributed by atoms with Crippen LogP contribution in [0.1, 0.15) is 45.2 Å². The number of hydrogen-bond donors (Lipinski definition) is 1. The number of anilines is 1. The topological polar surface area (TPSA) is 85.8 Å². The van der Waals surface area contributed by atoms with Crippen LogP contribution >= 0.6 is 0 Å². The number of nitrogens with zero attached hydrogens (tertiary/aromatic N) is 4. The van der Waals surface area contributed by atoms with Crippen LogP contribution in [0.5, 0.6) is 0 Å². The molecule has 23 heavy (non-hydrogen) atoms. The lowest BCUT2D eigenvalue weighted by atomic mass is 9.95. The molecule has 1 amide bonds. The van der Waals surface area contributed by atoms with Crippen molar-refractivity contribution < 1.29 is 9.53 Å². The van der Waals surface area contributed by atoms with Crippen molar-refractivity contribution >= 4 is 17.4 Å². The smallest absolute Gasteiger partial charge is 0.410 e. The summed E-state index contributed by atoms with van der Waals surface area (Å²) in [6, 6.07) is 3.95. The number of piperidine rings is 1. The van der Waals surface area contributed by atoms with E-state index in [1.165, 1.54) is 6.33 Å². The number of carbonyl (C=O) groups excluding carboxylic acids is 1. The molecule has 7 nitrogen and oxygen atoms in total. The average molecular weight is 317 g/mol. The second-order valence-electron chi connectivity index (χ2n) is 6.97. The van der Waals surface area contributed by atoms with Gasteiger partial charge in [-0.3, -0.25) is 0 Å². The number of nitrogens with two attached hydrogens (primary N) is 1. The number of ether oxygens (including phenoxy) is 1. The number of likely N-dealkylation sites (tertiary alicyclic amines) is 1. The zero-order chi connectivity index (χ0) is 16.6. The number of amides is 1. The molecule has 1 fully saturated rings. The van der Waals surface area contributed by atoms with Gasteiger partial charge >= 0.3 is 6.09 Å². The van der Waals surface area contributed by atoms with Crippen LogP contribution in [-0.4, -0.2) is 44.3 Å². The summed E-state index contributed by atoms with van der Waals surface area (Å²) in [7, 11) is 0. The first kappa shape index (κ1) is 15.6. The van der Waals surface area contributed by atoms with Crippen molar-refractivity contribution in [2.24, 2.45) is 0 Å². The molecule has 2 aromatic rings. The fourth-order valence-corrected chi connectivity index (χ4v) is 2.99. The van der Waals surface area contributed by atoms with Crippen LogP contribution in [0.15, 0.2) is 18.5 Å². The van der Waals surface area contributed by atoms with E-state index in [1.54, 1.807) is 4.90 Å². The quantitative estimate of drug-likeness (QED) is 0.873. The van der Waals surface area contributed by atoms with Crippen LogP contribution in [-0.2, 0) is 4.74 Å². The van der Waals surface area contributed by atoms with Crippen LogP contribution in [0.2, 0.25) is 0 Å². The van der Waals surface area contributed by atoms with Crippen LogP contribution in [0.3, 0.4) is 0 Å². The van der Waals surface area contributed by atoms with E-state index in [2.05, 4.69) is 10.1 Å². The van der Waals surface area contributed by atoms with Crippen LogP contribution in [0.4, 0.5) is 10.6 Å². The standard InChI is InChI=1S/C16H23N5O2/c1-16(2,3)23-15(22)20-8-4-5-11(9-20)12-6-7-13-14(17)18-10-19-21(12)13/h6-7,10-11H,4-5,8-9H2,1-3H3,(H2,17,18,19)/t11-/m0/s1. The van der Waals surface area contributed by atoms with Crippen molar-refractivity contribution in [3.8, 4) is 0 Å². The minimum atomic E-state index is -0.479. The van der Waals surface area contributed by atoms with Gasteiger partial charge in [0.25, 0.3) is 0 Å². The Morgan fingerprint density at radius 3 is 2.91 bits per heavy atom. The molecule has 7 heteroatoms. The SMILES string of the molecule is CC(C)(C)OC(=O)N1CCC[C@H](c2ccc3c(N)ncnn23)C1. The van der Waals surface area contributed by atoms with E-state index in [1.807, 2.05) is 37.4 Å². The highest BCUT2D eigenvalue weighted by Crippen LogP contribution is 2.29. The van der Waals surface area contributed by atoms with Gasteiger partial charge in [0.1, 0.15) is 17.4 Å². The van der Waals surface area contributed by atoms with E-state index in [0.717, 1.165) is 30.6 Å². The monoisotopic (exact) mass is 317 g/mol. The lowest BCUT2D eigenvalue weighted by Crippen LogP contribution is -2.42. The summed E-state index contributed by atoms with van der Waals surface area (Å²) in [5, 5.41) is 4.30. The number of hydrogen-bond acceptors (Lipinski definition) is 5. The minimum Gasteiger partial charge on any atom is -0.444 e. The average Bonchev–Trinajstić information content (AvgIpc) is 2.91. The first-order valence-electron chi connectivity index (χ1n) is 7.91. The van der Waals surface area contributed by atoms with Crippen LogP contribution in [0.25, 0.3) is 5.52 Å². The Bertz CT molecular complexity index is 719. The first-order valence-corrected chi connectivity index (χ1v) is 7.91. The number of nitrogen functional groups attached to an aromatic ring is 1. The predicted molar refractivity (Wildman–Crippen MR) is 87.2 cm³/mol. The van der Waals surface area contributed by atoms with Gasteiger partial charge in [0.15, 0.2) is 5.82 Å². The molecular weight excluding hydrogens is 294 g/mol. The zero-order valence-corrected chi connectivity index (χ0v) is 13.8. The Kier molecular flexibility index (Phi) is 3.87. The Morgan fingerprint density at radius 1 is 1.39 bits per heavy atom. The van der Waals surface area contributed by atoms with Gasteiger partial charge in [0, 0.05) is 24.7 Å². The minimum absolute atomic E-state index is 0.216. The van der Waals surface area contributed by atoms with Crippen LogP contribution in [0, 0.1) is 0 Å². The van der Waals surface area contributed by atoms with Crippen molar-refractivity contribution in [1.82, 2.24) is 19.5 Å². The lowest BCUT2D eigenvalue weighted by molar-refractivity contribution is 0.0196. The molecule has 0 unspecified atom stereocenters. The molecule has 0 aliphatic carbocycles. The Morgan fingerprint density at radius 2 is 2.17 bits per heavy atom. The molecular formula is C16H23N5O2. The van der Waals surface area contributed by atoms with Crippen molar-refractivity contribution in [3.05, 3.63) is 24.2 Å². The third-order valence-electron chi connectivity index (χ3n) is 4.00. The van der Waals surface area contributed by atoms with Gasteiger partial charge in [-0.05, 0) is 45.7 Å². The van der Waals surface area contributed by atoms with Gasteiger partial charge in [-0.25, -0.2) is 14.3 Å². The van der Waals surface area contributed by atoms with Crippen LogP contribution < -0.4 is 5.73 Å². The van der Waals surface area contributed by atoms with Crippen molar-refractivity contribution in [2.75, 3.05) is 18.8 Å². The van der Waals surface area contributed by atoms with E-state index in [-0.39, 0.29) is 12.0 Å². The Hall–Kier alpha value is -2.31. The molecule has 1 aliphatic rings. The molecule has 1 aliphatic heterocycles. The summed E-state index contributed by atoms with van der Waals surface area (Å²) in [5.74, 6) is 0.680. The maximum atomic E-state index is 12.3. The molecule has 0 saturated carbocycles. The molecule has 3 heterocycles. The largest absolute Gasteiger partial charge is 0.444 e.